The van der Waals surface area contributed by atoms with E-state index < -0.39 is 233 Å². The van der Waals surface area contributed by atoms with Gasteiger partial charge in [0.2, 0.25) is 76.8 Å². The molecule has 2 heterocycles. The third kappa shape index (κ3) is 26.2. The lowest BCUT2D eigenvalue weighted by Crippen LogP contribution is -2.70. The van der Waals surface area contributed by atoms with E-state index in [2.05, 4.69) is 58.5 Å². The Bertz CT molecular complexity index is 2390. The summed E-state index contributed by atoms with van der Waals surface area (Å²) in [5.41, 5.74) is 10.7. The van der Waals surface area contributed by atoms with E-state index in [-0.39, 0.29) is 32.4 Å². The molecule has 0 saturated carbocycles. The van der Waals surface area contributed by atoms with Crippen LogP contribution in [-0.4, -0.2) is 264 Å². The van der Waals surface area contributed by atoms with Gasteiger partial charge in [-0.15, -0.1) is 0 Å². The first kappa shape index (κ1) is 74.3. The maximum atomic E-state index is 13.7. The van der Waals surface area contributed by atoms with Crippen molar-refractivity contribution in [3.05, 3.63) is 0 Å². The Hall–Kier alpha value is -7.82. The van der Waals surface area contributed by atoms with E-state index in [1.54, 1.807) is 0 Å². The van der Waals surface area contributed by atoms with Gasteiger partial charge in [-0.25, -0.2) is 0 Å². The van der Waals surface area contributed by atoms with Crippen molar-refractivity contribution in [2.24, 2.45) is 11.5 Å². The van der Waals surface area contributed by atoms with Crippen LogP contribution in [0, 0.1) is 0 Å². The van der Waals surface area contributed by atoms with E-state index in [4.69, 9.17) is 35.5 Å². The van der Waals surface area contributed by atoms with Crippen LogP contribution >= 0.6 is 0 Å². The van der Waals surface area contributed by atoms with Crippen LogP contribution in [0.3, 0.4) is 0 Å². The fourth-order valence-corrected chi connectivity index (χ4v) is 8.04. The number of aliphatic hydroxyl groups excluding tert-OH is 5. The normalized spacial score (nSPS) is 23.3. The molecule has 1 unspecified atom stereocenters. The Labute approximate surface area is 491 Å². The number of rotatable bonds is 36. The molecule has 0 spiro atoms. The maximum absolute atomic E-state index is 13.7. The smallest absolute Gasteiger partial charge is 0.322 e. The first-order valence-corrected chi connectivity index (χ1v) is 26.9. The van der Waals surface area contributed by atoms with Crippen LogP contribution in [0.5, 0.6) is 0 Å². The van der Waals surface area contributed by atoms with Crippen LogP contribution in [0.1, 0.15) is 66.7 Å². The Balaban J connectivity index is 2.16. The monoisotopic (exact) mass is 1240 g/mol. The first-order chi connectivity index (χ1) is 40.4. The lowest BCUT2D eigenvalue weighted by atomic mass is 9.94. The van der Waals surface area contributed by atoms with Crippen molar-refractivity contribution in [3.8, 4) is 0 Å². The van der Waals surface area contributed by atoms with Crippen molar-refractivity contribution in [1.82, 2.24) is 63.8 Å². The summed E-state index contributed by atoms with van der Waals surface area (Å²) >= 11 is 0. The molecule has 2 aliphatic rings. The van der Waals surface area contributed by atoms with E-state index in [0.717, 1.165) is 13.8 Å². The summed E-state index contributed by atoms with van der Waals surface area (Å²) in [5, 5.41) is 89.0. The van der Waals surface area contributed by atoms with Crippen LogP contribution < -0.4 is 75.3 Å². The molecule has 2 rings (SSSR count). The molecular formula is C48H80N14O24. The largest absolute Gasteiger partial charge is 0.480 e. The fraction of sp³-hybridized carbons (Fsp3) is 0.708. The molecule has 486 valence electrons. The minimum Gasteiger partial charge on any atom is -0.480 e. The topological polar surface area (TPSA) is 594 Å². The average molecular weight is 1240 g/mol. The summed E-state index contributed by atoms with van der Waals surface area (Å²) in [6.07, 6.45) is -16.1. The van der Waals surface area contributed by atoms with E-state index in [1.807, 2.05) is 5.32 Å². The minimum atomic E-state index is -1.93. The molecule has 0 aromatic rings. The summed E-state index contributed by atoms with van der Waals surface area (Å²) in [6.45, 7) is 0.768. The highest BCUT2D eigenvalue weighted by atomic mass is 16.7. The van der Waals surface area contributed by atoms with Crippen LogP contribution in [0.4, 0.5) is 0 Å². The third-order valence-corrected chi connectivity index (χ3v) is 12.6. The lowest BCUT2D eigenvalue weighted by molar-refractivity contribution is -0.333. The van der Waals surface area contributed by atoms with Crippen molar-refractivity contribution < 1.29 is 117 Å². The molecule has 86 heavy (non-hydrogen) atoms. The molecule has 2 saturated heterocycles. The zero-order valence-corrected chi connectivity index (χ0v) is 47.7. The minimum absolute atomic E-state index is 0.00698. The SMILES string of the molecule is CC(=O)N[C@@H]1[C@H](OC(C)C(=O)N[C@@H](C)C(=O)N[C@H](CCC(=O)N[C@@H](CCCCNC(=O)CNC(=O)CNC(=O)CNC(=O)CN)C(=O)N[C@H](C)C(=O)NCC(=O)NCC(=O)O)C(N)=O)[C@H](O[C@@H]2O[C@H](CO)[C@@H](O)[C@H](O)[C@H]2NC(C)=O)[C@@H](CO)O[C@@H]1O. The molecule has 13 amide bonds. The second-order valence-corrected chi connectivity index (χ2v) is 19.6. The number of carbonyl (C=O) groups is 14. The Morgan fingerprint density at radius 2 is 1.06 bits per heavy atom. The number of amides is 13. The molecule has 0 aliphatic carbocycles. The van der Waals surface area contributed by atoms with Gasteiger partial charge in [0, 0.05) is 26.8 Å². The predicted molar refractivity (Wildman–Crippen MR) is 286 cm³/mol. The number of aliphatic carboxylic acids is 1. The highest BCUT2D eigenvalue weighted by molar-refractivity contribution is 5.95. The van der Waals surface area contributed by atoms with Crippen LogP contribution in [-0.2, 0) is 86.1 Å². The van der Waals surface area contributed by atoms with E-state index in [9.17, 15) is 92.7 Å². The molecule has 38 nitrogen and oxygen atoms in total. The summed E-state index contributed by atoms with van der Waals surface area (Å²) in [7, 11) is 0. The standard InChI is InChI=1S/C48H80N14O24/c1-20(43(78)56-16-34(72)55-17-35(73)74)58-46(81)26(8-6-7-11-51-31(69)13-53-33(71)15-54-32(70)14-52-30(68)12-49)61-29(67)10-9-25(42(50)77)62-44(79)21(2)57-45(80)22(3)83-41-37(60-24(5)66)47(82)84-28(19-64)40(41)86-48-36(59-23(4)65)39(76)38(75)27(18-63)85-48/h20-22,25-28,36-41,47-48,63-64,75-76,82H,6-19,49H2,1-5H3,(H2,50,77)(H,51,69)(H,52,68)(H,53,71)(H,54,70)(H,55,72)(H,56,78)(H,57,80)(H,58,81)(H,59,65)(H,60,66)(H,61,67)(H,62,79)(H,73,74)/t20-,21+,22?,25-,26+,27-,28-,36-,37-,38-,39-,40-,41+,47+,48+/m1/s1. The Morgan fingerprint density at radius 1 is 0.535 bits per heavy atom. The number of hydrogen-bond acceptors (Lipinski definition) is 24. The number of nitrogens with two attached hydrogens (primary N) is 2. The number of primary amides is 1. The number of unbranched alkanes of at least 4 members (excludes halogenated alkanes) is 1. The van der Waals surface area contributed by atoms with Gasteiger partial charge in [0.1, 0.15) is 85.5 Å². The van der Waals surface area contributed by atoms with Gasteiger partial charge < -0.3 is 125 Å². The van der Waals surface area contributed by atoms with Crippen molar-refractivity contribution in [2.75, 3.05) is 59.0 Å². The van der Waals surface area contributed by atoms with Crippen LogP contribution in [0.15, 0.2) is 0 Å². The molecule has 0 bridgehead atoms. The molecule has 0 aromatic heterocycles. The zero-order chi connectivity index (χ0) is 65.0. The van der Waals surface area contributed by atoms with E-state index >= 15 is 0 Å². The van der Waals surface area contributed by atoms with Gasteiger partial charge in [0.25, 0.3) is 0 Å². The molecule has 38 heteroatoms. The Kier molecular flexibility index (Phi) is 32.5. The number of carboxylic acid groups (broad SMARTS) is 1. The molecular weight excluding hydrogens is 1160 g/mol. The number of nitrogens with one attached hydrogen (secondary N) is 12. The highest BCUT2D eigenvalue weighted by Crippen LogP contribution is 2.31. The molecule has 2 aliphatic heterocycles. The second kappa shape index (κ2) is 37.6. The molecule has 22 N–H and O–H groups in total. The summed E-state index contributed by atoms with van der Waals surface area (Å²) in [6, 6.07) is -8.93. The molecule has 15 atom stereocenters. The highest BCUT2D eigenvalue weighted by Gasteiger charge is 2.53. The van der Waals surface area contributed by atoms with E-state index in [0.29, 0.717) is 0 Å². The van der Waals surface area contributed by atoms with Crippen molar-refractivity contribution >= 4 is 82.8 Å². The third-order valence-electron chi connectivity index (χ3n) is 12.6. The number of hydrogen-bond donors (Lipinski definition) is 20. The predicted octanol–water partition coefficient (Wildman–Crippen LogP) is -12.5. The summed E-state index contributed by atoms with van der Waals surface area (Å²) < 4.78 is 23.2. The number of carbonyl (C=O) groups excluding carboxylic acids is 13. The van der Waals surface area contributed by atoms with Gasteiger partial charge in [-0.05, 0) is 46.5 Å². The van der Waals surface area contributed by atoms with Crippen LogP contribution in [0.2, 0.25) is 0 Å². The second-order valence-electron chi connectivity index (χ2n) is 19.6. The van der Waals surface area contributed by atoms with Crippen LogP contribution in [0.25, 0.3) is 0 Å². The summed E-state index contributed by atoms with van der Waals surface area (Å²) in [4.78, 5) is 174. The number of aliphatic hydroxyl groups is 5. The van der Waals surface area contributed by atoms with Gasteiger partial charge in [-0.2, -0.15) is 0 Å². The number of carboxylic acids is 1. The maximum Gasteiger partial charge on any atom is 0.322 e. The quantitative estimate of drug-likeness (QED) is 0.0259. The van der Waals surface area contributed by atoms with Gasteiger partial charge in [0.05, 0.1) is 45.9 Å². The van der Waals surface area contributed by atoms with Crippen molar-refractivity contribution in [1.29, 1.82) is 0 Å². The van der Waals surface area contributed by atoms with Gasteiger partial charge in [-0.1, -0.05) is 0 Å². The fourth-order valence-electron chi connectivity index (χ4n) is 8.04. The molecule has 0 radical (unpaired) electrons. The molecule has 2 fully saturated rings. The van der Waals surface area contributed by atoms with Crippen molar-refractivity contribution in [2.45, 2.75) is 158 Å². The zero-order valence-electron chi connectivity index (χ0n) is 47.7. The molecule has 0 aromatic carbocycles. The first-order valence-electron chi connectivity index (χ1n) is 26.9. The van der Waals surface area contributed by atoms with Gasteiger partial charge in [-0.3, -0.25) is 67.1 Å². The lowest BCUT2D eigenvalue weighted by Gasteiger charge is -2.48. The van der Waals surface area contributed by atoms with Gasteiger partial charge >= 0.3 is 5.97 Å². The van der Waals surface area contributed by atoms with E-state index in [1.165, 1.54) is 20.8 Å². The summed E-state index contributed by atoms with van der Waals surface area (Å²) in [5.74, 6) is -12.2. The Morgan fingerprint density at radius 3 is 1.60 bits per heavy atom. The average Bonchev–Trinajstić information content (AvgIpc) is 1.17. The van der Waals surface area contributed by atoms with Gasteiger partial charge in [0.15, 0.2) is 12.6 Å². The number of ether oxygens (including phenoxy) is 4. The van der Waals surface area contributed by atoms with Crippen molar-refractivity contribution in [3.63, 3.8) is 0 Å².